The van der Waals surface area contributed by atoms with Crippen molar-refractivity contribution in [3.63, 3.8) is 0 Å². The van der Waals surface area contributed by atoms with Crippen molar-refractivity contribution in [3.05, 3.63) is 48.2 Å². The van der Waals surface area contributed by atoms with Crippen molar-refractivity contribution in [2.24, 2.45) is 0 Å². The Hall–Kier alpha value is -2.76. The molecule has 4 rings (SSSR count). The van der Waals surface area contributed by atoms with Crippen LogP contribution in [-0.2, 0) is 10.2 Å². The fraction of sp³-hybridized carbons (Fsp3) is 0.333. The molecule has 2 aromatic rings. The minimum absolute atomic E-state index is 0.473. The quantitative estimate of drug-likeness (QED) is 0.878. The number of carboxylic acid groups (broad SMARTS) is 1. The standard InChI is InChI=1S/C18H19N3O3/c19-12-5-8-20-15(11-12)21-9-6-18(7-10-21)13-3-1-2-4-14(13)24-16(18)17(22)23/h1-5,8,11,16H,6-7,9-10H2,(H2,19,20)(H,22,23). The van der Waals surface area contributed by atoms with Crippen molar-refractivity contribution >= 4 is 17.5 Å². The van der Waals surface area contributed by atoms with E-state index in [9.17, 15) is 9.90 Å². The molecule has 0 aliphatic carbocycles. The number of rotatable bonds is 2. The molecule has 1 fully saturated rings. The first kappa shape index (κ1) is 14.8. The summed E-state index contributed by atoms with van der Waals surface area (Å²) in [5.74, 6) is 0.631. The van der Waals surface area contributed by atoms with Crippen LogP contribution in [0.4, 0.5) is 11.5 Å². The van der Waals surface area contributed by atoms with Crippen LogP contribution in [0.25, 0.3) is 0 Å². The van der Waals surface area contributed by atoms with Crippen LogP contribution in [0.5, 0.6) is 5.75 Å². The van der Waals surface area contributed by atoms with Crippen molar-refractivity contribution < 1.29 is 14.6 Å². The number of pyridine rings is 1. The third kappa shape index (κ3) is 2.18. The van der Waals surface area contributed by atoms with Gasteiger partial charge in [0.2, 0.25) is 6.10 Å². The van der Waals surface area contributed by atoms with Crippen LogP contribution in [-0.4, -0.2) is 35.3 Å². The first-order valence-electron chi connectivity index (χ1n) is 8.06. The average Bonchev–Trinajstić information content (AvgIpc) is 2.90. The van der Waals surface area contributed by atoms with E-state index in [-0.39, 0.29) is 0 Å². The van der Waals surface area contributed by atoms with Gasteiger partial charge >= 0.3 is 5.97 Å². The molecule has 1 saturated heterocycles. The number of nitrogen functional groups attached to an aromatic ring is 1. The minimum Gasteiger partial charge on any atom is -0.478 e. The van der Waals surface area contributed by atoms with E-state index in [4.69, 9.17) is 10.5 Å². The summed E-state index contributed by atoms with van der Waals surface area (Å²) in [4.78, 5) is 18.3. The number of nitrogens with two attached hydrogens (primary N) is 1. The average molecular weight is 325 g/mol. The van der Waals surface area contributed by atoms with Crippen LogP contribution >= 0.6 is 0 Å². The molecule has 0 saturated carbocycles. The van der Waals surface area contributed by atoms with Crippen LogP contribution < -0.4 is 15.4 Å². The summed E-state index contributed by atoms with van der Waals surface area (Å²) in [6.07, 6.45) is 2.28. The van der Waals surface area contributed by atoms with Crippen LogP contribution in [0.15, 0.2) is 42.6 Å². The normalized spacial score (nSPS) is 21.3. The lowest BCUT2D eigenvalue weighted by atomic mass is 9.70. The summed E-state index contributed by atoms with van der Waals surface area (Å²) in [5, 5.41) is 9.65. The summed E-state index contributed by atoms with van der Waals surface area (Å²) in [6, 6.07) is 11.3. The smallest absolute Gasteiger partial charge is 0.345 e. The SMILES string of the molecule is Nc1ccnc(N2CCC3(CC2)c2ccccc2OC3C(=O)O)c1. The predicted octanol–water partition coefficient (Wildman–Crippen LogP) is 2.05. The van der Waals surface area contributed by atoms with Crippen LogP contribution in [0.2, 0.25) is 0 Å². The molecule has 1 spiro atoms. The lowest BCUT2D eigenvalue weighted by Gasteiger charge is -2.41. The number of anilines is 2. The molecule has 1 aromatic carbocycles. The maximum absolute atomic E-state index is 11.8. The first-order chi connectivity index (χ1) is 11.6. The number of nitrogens with zero attached hydrogens (tertiary/aromatic N) is 2. The van der Waals surface area contributed by atoms with Gasteiger partial charge in [0, 0.05) is 36.6 Å². The fourth-order valence-corrected chi connectivity index (χ4v) is 3.92. The second kappa shape index (κ2) is 5.40. The van der Waals surface area contributed by atoms with Crippen LogP contribution in [0, 0.1) is 0 Å². The second-order valence-electron chi connectivity index (χ2n) is 6.42. The number of fused-ring (bicyclic) bond motifs is 2. The molecule has 1 unspecified atom stereocenters. The molecule has 3 heterocycles. The number of aliphatic carboxylic acids is 1. The summed E-state index contributed by atoms with van der Waals surface area (Å²) >= 11 is 0. The largest absolute Gasteiger partial charge is 0.478 e. The Morgan fingerprint density at radius 3 is 2.75 bits per heavy atom. The fourth-order valence-electron chi connectivity index (χ4n) is 3.92. The highest BCUT2D eigenvalue weighted by Gasteiger charge is 2.53. The summed E-state index contributed by atoms with van der Waals surface area (Å²) in [5.41, 5.74) is 7.06. The molecule has 6 nitrogen and oxygen atoms in total. The Bertz CT molecular complexity index is 785. The number of carbonyl (C=O) groups is 1. The van der Waals surface area contributed by atoms with Gasteiger partial charge in [0.25, 0.3) is 0 Å². The molecule has 1 atom stereocenters. The molecule has 24 heavy (non-hydrogen) atoms. The number of hydrogen-bond acceptors (Lipinski definition) is 5. The molecule has 1 aromatic heterocycles. The van der Waals surface area contributed by atoms with E-state index >= 15 is 0 Å². The Kier molecular flexibility index (Phi) is 3.33. The molecule has 6 heteroatoms. The van der Waals surface area contributed by atoms with E-state index in [2.05, 4.69) is 9.88 Å². The zero-order valence-corrected chi connectivity index (χ0v) is 13.2. The second-order valence-corrected chi connectivity index (χ2v) is 6.42. The van der Waals surface area contributed by atoms with Gasteiger partial charge in [-0.05, 0) is 25.0 Å². The number of para-hydroxylation sites is 1. The lowest BCUT2D eigenvalue weighted by molar-refractivity contribution is -0.147. The topological polar surface area (TPSA) is 88.7 Å². The number of piperidine rings is 1. The molecular weight excluding hydrogens is 306 g/mol. The van der Waals surface area contributed by atoms with Gasteiger partial charge in [-0.2, -0.15) is 0 Å². The molecule has 2 aliphatic heterocycles. The third-order valence-electron chi connectivity index (χ3n) is 5.14. The third-order valence-corrected chi connectivity index (χ3v) is 5.14. The molecule has 124 valence electrons. The lowest BCUT2D eigenvalue weighted by Crippen LogP contribution is -2.51. The summed E-state index contributed by atoms with van der Waals surface area (Å²) in [7, 11) is 0. The number of carboxylic acids is 1. The monoisotopic (exact) mass is 325 g/mol. The van der Waals surface area contributed by atoms with E-state index in [1.807, 2.05) is 30.3 Å². The van der Waals surface area contributed by atoms with Gasteiger partial charge in [-0.25, -0.2) is 9.78 Å². The molecule has 2 aliphatic rings. The van der Waals surface area contributed by atoms with E-state index in [1.54, 1.807) is 12.3 Å². The van der Waals surface area contributed by atoms with E-state index < -0.39 is 17.5 Å². The Balaban J connectivity index is 1.64. The Labute approximate surface area is 139 Å². The molecule has 3 N–H and O–H groups in total. The highest BCUT2D eigenvalue weighted by molar-refractivity contribution is 5.78. The number of hydrogen-bond donors (Lipinski definition) is 2. The van der Waals surface area contributed by atoms with Gasteiger partial charge in [-0.3, -0.25) is 0 Å². The summed E-state index contributed by atoms with van der Waals surface area (Å²) in [6.45, 7) is 1.44. The number of ether oxygens (including phenoxy) is 1. The molecular formula is C18H19N3O3. The van der Waals surface area contributed by atoms with Crippen LogP contribution in [0.3, 0.4) is 0 Å². The summed E-state index contributed by atoms with van der Waals surface area (Å²) < 4.78 is 5.77. The van der Waals surface area contributed by atoms with Crippen molar-refractivity contribution in [2.75, 3.05) is 23.7 Å². The highest BCUT2D eigenvalue weighted by Crippen LogP contribution is 2.49. The molecule has 0 bridgehead atoms. The Morgan fingerprint density at radius 1 is 1.29 bits per heavy atom. The maximum atomic E-state index is 11.8. The minimum atomic E-state index is -0.901. The zero-order valence-electron chi connectivity index (χ0n) is 13.2. The van der Waals surface area contributed by atoms with Crippen molar-refractivity contribution in [3.8, 4) is 5.75 Å². The van der Waals surface area contributed by atoms with Gasteiger partial charge < -0.3 is 20.5 Å². The maximum Gasteiger partial charge on any atom is 0.345 e. The Morgan fingerprint density at radius 2 is 2.04 bits per heavy atom. The van der Waals surface area contributed by atoms with E-state index in [1.165, 1.54) is 0 Å². The number of aromatic nitrogens is 1. The van der Waals surface area contributed by atoms with Crippen molar-refractivity contribution in [1.29, 1.82) is 0 Å². The zero-order chi connectivity index (χ0) is 16.7. The van der Waals surface area contributed by atoms with Crippen LogP contribution in [0.1, 0.15) is 18.4 Å². The van der Waals surface area contributed by atoms with Crippen molar-refractivity contribution in [1.82, 2.24) is 4.98 Å². The van der Waals surface area contributed by atoms with Crippen molar-refractivity contribution in [2.45, 2.75) is 24.4 Å². The van der Waals surface area contributed by atoms with Gasteiger partial charge in [-0.1, -0.05) is 18.2 Å². The van der Waals surface area contributed by atoms with E-state index in [0.717, 1.165) is 24.5 Å². The van der Waals surface area contributed by atoms with Gasteiger partial charge in [0.1, 0.15) is 11.6 Å². The molecule has 0 amide bonds. The number of benzene rings is 1. The van der Waals surface area contributed by atoms with Gasteiger partial charge in [-0.15, -0.1) is 0 Å². The highest BCUT2D eigenvalue weighted by atomic mass is 16.5. The van der Waals surface area contributed by atoms with Gasteiger partial charge in [0.15, 0.2) is 0 Å². The van der Waals surface area contributed by atoms with Gasteiger partial charge in [0.05, 0.1) is 5.41 Å². The molecule has 0 radical (unpaired) electrons. The first-order valence-corrected chi connectivity index (χ1v) is 8.06. The van der Waals surface area contributed by atoms with E-state index in [0.29, 0.717) is 24.3 Å². The predicted molar refractivity (Wildman–Crippen MR) is 90.3 cm³/mol.